The van der Waals surface area contributed by atoms with Crippen molar-refractivity contribution >= 4 is 15.9 Å². The monoisotopic (exact) mass is 420 g/mol. The summed E-state index contributed by atoms with van der Waals surface area (Å²) in [6.07, 6.45) is 2.34. The molecule has 2 aliphatic rings. The Morgan fingerprint density at radius 2 is 1.90 bits per heavy atom. The van der Waals surface area contributed by atoms with Gasteiger partial charge in [0, 0.05) is 30.6 Å². The van der Waals surface area contributed by atoms with E-state index in [9.17, 15) is 22.0 Å². The van der Waals surface area contributed by atoms with E-state index < -0.39 is 21.7 Å². The van der Waals surface area contributed by atoms with Crippen LogP contribution in [0.25, 0.3) is 11.1 Å². The average Bonchev–Trinajstić information content (AvgIpc) is 3.33. The van der Waals surface area contributed by atoms with Gasteiger partial charge in [-0.25, -0.2) is 21.9 Å². The summed E-state index contributed by atoms with van der Waals surface area (Å²) in [5.74, 6) is -1.30. The number of sulfonamides is 1. The highest BCUT2D eigenvalue weighted by Crippen LogP contribution is 2.51. The van der Waals surface area contributed by atoms with Crippen LogP contribution < -0.4 is 4.72 Å². The van der Waals surface area contributed by atoms with Gasteiger partial charge in [-0.2, -0.15) is 0 Å². The second-order valence-corrected chi connectivity index (χ2v) is 9.60. The standard InChI is InChI=1S/C21H22F2N2O3S/c1-29(27,28)24-14-8-9-25(12-14)21(26)19-11-17(19)15-4-2-3-5-16(15)18-10-13(22)6-7-20(18)23/h2-7,10,14,17,19,24H,8-9,11-12H2,1H3. The van der Waals surface area contributed by atoms with Gasteiger partial charge in [-0.15, -0.1) is 0 Å². The maximum absolute atomic E-state index is 14.3. The van der Waals surface area contributed by atoms with Gasteiger partial charge in [-0.3, -0.25) is 4.79 Å². The highest BCUT2D eigenvalue weighted by atomic mass is 32.2. The van der Waals surface area contributed by atoms with Crippen LogP contribution >= 0.6 is 0 Å². The molecule has 1 saturated carbocycles. The molecule has 5 nitrogen and oxygen atoms in total. The van der Waals surface area contributed by atoms with Crippen LogP contribution in [0.2, 0.25) is 0 Å². The second kappa shape index (κ2) is 7.50. The first kappa shape index (κ1) is 20.0. The SMILES string of the molecule is CS(=O)(=O)NC1CCN(C(=O)C2CC2c2ccccc2-c2cc(F)ccc2F)C1. The minimum Gasteiger partial charge on any atom is -0.341 e. The molecule has 0 aromatic heterocycles. The molecule has 1 saturated heterocycles. The van der Waals surface area contributed by atoms with Gasteiger partial charge in [0.2, 0.25) is 15.9 Å². The largest absolute Gasteiger partial charge is 0.341 e. The van der Waals surface area contributed by atoms with Crippen molar-refractivity contribution in [3.05, 3.63) is 59.7 Å². The summed E-state index contributed by atoms with van der Waals surface area (Å²) in [6, 6.07) is 10.3. The highest BCUT2D eigenvalue weighted by Gasteiger charge is 2.47. The van der Waals surface area contributed by atoms with Crippen molar-refractivity contribution in [2.75, 3.05) is 19.3 Å². The molecule has 1 amide bonds. The quantitative estimate of drug-likeness (QED) is 0.809. The number of nitrogens with one attached hydrogen (secondary N) is 1. The summed E-state index contributed by atoms with van der Waals surface area (Å²) >= 11 is 0. The molecule has 2 aromatic carbocycles. The molecule has 0 spiro atoms. The Balaban J connectivity index is 1.50. The molecule has 1 heterocycles. The predicted molar refractivity (Wildman–Crippen MR) is 106 cm³/mol. The highest BCUT2D eigenvalue weighted by molar-refractivity contribution is 7.88. The van der Waals surface area contributed by atoms with Gasteiger partial charge in [0.15, 0.2) is 0 Å². The van der Waals surface area contributed by atoms with Crippen molar-refractivity contribution in [2.24, 2.45) is 5.92 Å². The number of hydrogen-bond acceptors (Lipinski definition) is 3. The smallest absolute Gasteiger partial charge is 0.226 e. The molecular formula is C21H22F2N2O3S. The van der Waals surface area contributed by atoms with Crippen molar-refractivity contribution in [1.29, 1.82) is 0 Å². The van der Waals surface area contributed by atoms with Crippen LogP contribution in [0.3, 0.4) is 0 Å². The number of carbonyl (C=O) groups excluding carboxylic acids is 1. The molecule has 1 aliphatic heterocycles. The van der Waals surface area contributed by atoms with Gasteiger partial charge < -0.3 is 4.90 Å². The van der Waals surface area contributed by atoms with E-state index >= 15 is 0 Å². The van der Waals surface area contributed by atoms with Gasteiger partial charge in [-0.1, -0.05) is 24.3 Å². The van der Waals surface area contributed by atoms with Crippen LogP contribution in [-0.4, -0.2) is 44.6 Å². The number of benzene rings is 2. The fourth-order valence-corrected chi connectivity index (χ4v) is 4.97. The molecule has 3 unspecified atom stereocenters. The van der Waals surface area contributed by atoms with Crippen LogP contribution in [0, 0.1) is 17.6 Å². The summed E-state index contributed by atoms with van der Waals surface area (Å²) < 4.78 is 53.3. The fourth-order valence-electron chi connectivity index (χ4n) is 4.18. The number of hydrogen-bond donors (Lipinski definition) is 1. The van der Waals surface area contributed by atoms with E-state index in [1.54, 1.807) is 17.0 Å². The number of carbonyl (C=O) groups is 1. The van der Waals surface area contributed by atoms with Crippen molar-refractivity contribution in [1.82, 2.24) is 9.62 Å². The Morgan fingerprint density at radius 3 is 2.66 bits per heavy atom. The van der Waals surface area contributed by atoms with Crippen LogP contribution in [0.15, 0.2) is 42.5 Å². The molecule has 0 bridgehead atoms. The summed E-state index contributed by atoms with van der Waals surface area (Å²) in [5, 5.41) is 0. The number of nitrogens with zero attached hydrogens (tertiary/aromatic N) is 1. The van der Waals surface area contributed by atoms with Crippen LogP contribution in [0.5, 0.6) is 0 Å². The molecule has 2 fully saturated rings. The normalized spacial score (nSPS) is 24.0. The first-order valence-electron chi connectivity index (χ1n) is 9.53. The van der Waals surface area contributed by atoms with Gasteiger partial charge >= 0.3 is 0 Å². The number of rotatable bonds is 5. The minimum atomic E-state index is -3.31. The number of halogens is 2. The molecule has 0 radical (unpaired) electrons. The summed E-state index contributed by atoms with van der Waals surface area (Å²) in [7, 11) is -3.31. The van der Waals surface area contributed by atoms with E-state index in [0.717, 1.165) is 24.0 Å². The Bertz CT molecular complexity index is 1060. The van der Waals surface area contributed by atoms with E-state index in [1.807, 2.05) is 12.1 Å². The van der Waals surface area contributed by atoms with Gasteiger partial charge in [0.05, 0.1) is 6.26 Å². The van der Waals surface area contributed by atoms with Gasteiger partial charge in [0.1, 0.15) is 11.6 Å². The maximum Gasteiger partial charge on any atom is 0.226 e. The van der Waals surface area contributed by atoms with Crippen molar-refractivity contribution < 1.29 is 22.0 Å². The molecule has 8 heteroatoms. The maximum atomic E-state index is 14.3. The van der Waals surface area contributed by atoms with E-state index in [2.05, 4.69) is 4.72 Å². The molecule has 2 aromatic rings. The number of likely N-dealkylation sites (tertiary alicyclic amines) is 1. The Labute approximate surface area is 168 Å². The van der Waals surface area contributed by atoms with Gasteiger partial charge in [-0.05, 0) is 48.1 Å². The second-order valence-electron chi connectivity index (χ2n) is 7.82. The zero-order valence-electron chi connectivity index (χ0n) is 15.9. The molecule has 29 heavy (non-hydrogen) atoms. The lowest BCUT2D eigenvalue weighted by atomic mass is 9.95. The van der Waals surface area contributed by atoms with E-state index in [0.29, 0.717) is 31.5 Å². The lowest BCUT2D eigenvalue weighted by Crippen LogP contribution is -2.38. The van der Waals surface area contributed by atoms with E-state index in [4.69, 9.17) is 0 Å². The van der Waals surface area contributed by atoms with Crippen LogP contribution in [0.4, 0.5) is 8.78 Å². The number of amides is 1. The van der Waals surface area contributed by atoms with Crippen LogP contribution in [-0.2, 0) is 14.8 Å². The zero-order chi connectivity index (χ0) is 20.8. The summed E-state index contributed by atoms with van der Waals surface area (Å²) in [5.41, 5.74) is 1.63. The fraction of sp³-hybridized carbons (Fsp3) is 0.381. The molecule has 1 aliphatic carbocycles. The summed E-state index contributed by atoms with van der Waals surface area (Å²) in [6.45, 7) is 0.866. The molecule has 4 rings (SSSR count). The zero-order valence-corrected chi connectivity index (χ0v) is 16.8. The molecule has 3 atom stereocenters. The third kappa shape index (κ3) is 4.33. The third-order valence-electron chi connectivity index (χ3n) is 5.57. The molecule has 1 N–H and O–H groups in total. The van der Waals surface area contributed by atoms with Crippen LogP contribution in [0.1, 0.15) is 24.3 Å². The van der Waals surface area contributed by atoms with Gasteiger partial charge in [0.25, 0.3) is 0 Å². The topological polar surface area (TPSA) is 66.5 Å². The molecular weight excluding hydrogens is 398 g/mol. The predicted octanol–water partition coefficient (Wildman–Crippen LogP) is 2.89. The first-order valence-corrected chi connectivity index (χ1v) is 11.4. The summed E-state index contributed by atoms with van der Waals surface area (Å²) in [4.78, 5) is 14.6. The lowest BCUT2D eigenvalue weighted by molar-refractivity contribution is -0.131. The molecule has 154 valence electrons. The van der Waals surface area contributed by atoms with Crippen molar-refractivity contribution in [2.45, 2.75) is 24.8 Å². The lowest BCUT2D eigenvalue weighted by Gasteiger charge is -2.17. The Kier molecular flexibility index (Phi) is 5.16. The average molecular weight is 420 g/mol. The Hall–Kier alpha value is -2.32. The van der Waals surface area contributed by atoms with Crippen molar-refractivity contribution in [3.63, 3.8) is 0 Å². The van der Waals surface area contributed by atoms with Crippen molar-refractivity contribution in [3.8, 4) is 11.1 Å². The van der Waals surface area contributed by atoms with E-state index in [-0.39, 0.29) is 29.3 Å². The third-order valence-corrected chi connectivity index (χ3v) is 6.33. The minimum absolute atomic E-state index is 0.0117. The first-order chi connectivity index (χ1) is 13.7. The Morgan fingerprint density at radius 1 is 1.14 bits per heavy atom. The van der Waals surface area contributed by atoms with E-state index in [1.165, 1.54) is 6.07 Å².